The second-order valence-corrected chi connectivity index (χ2v) is 1.92. The minimum atomic E-state index is -3.56. The second kappa shape index (κ2) is 3.48. The maximum Gasteiger partial charge on any atom is 0.343 e. The smallest absolute Gasteiger partial charge is 0.343 e. The van der Waals surface area contributed by atoms with Crippen molar-refractivity contribution in [3.8, 4) is 0 Å². The summed E-state index contributed by atoms with van der Waals surface area (Å²) in [5.41, 5.74) is -3.56. The van der Waals surface area contributed by atoms with Crippen LogP contribution in [-0.2, 0) is 9.59 Å². The van der Waals surface area contributed by atoms with Gasteiger partial charge in [-0.1, -0.05) is 13.8 Å². The first kappa shape index (κ1) is 4.21. The SMILES string of the molecule is [2H]C([2H])([2H])C([2H])([2H])C(O)(C(=O)O)C(=O)C[13CH3]. The normalized spacial score (nSPS) is 24.7. The Bertz CT molecular complexity index is 310. The van der Waals surface area contributed by atoms with E-state index in [0.717, 1.165) is 0 Å². The van der Waals surface area contributed by atoms with Crippen molar-refractivity contribution < 1.29 is 26.7 Å². The minimum Gasteiger partial charge on any atom is -0.479 e. The lowest BCUT2D eigenvalue weighted by atomic mass is 9.95. The Morgan fingerprint density at radius 2 is 2.27 bits per heavy atom. The maximum atomic E-state index is 11.2. The van der Waals surface area contributed by atoms with E-state index in [0.29, 0.717) is 0 Å². The predicted molar refractivity (Wildman–Crippen MR) is 38.2 cm³/mol. The molecule has 4 nitrogen and oxygen atoms in total. The lowest BCUT2D eigenvalue weighted by Crippen LogP contribution is -2.45. The Morgan fingerprint density at radius 3 is 2.55 bits per heavy atom. The first-order valence-corrected chi connectivity index (χ1v) is 2.92. The highest BCUT2D eigenvalue weighted by molar-refractivity contribution is 6.05. The summed E-state index contributed by atoms with van der Waals surface area (Å²) in [5, 5.41) is 18.2. The van der Waals surface area contributed by atoms with Crippen molar-refractivity contribution in [2.24, 2.45) is 0 Å². The number of carbonyl (C=O) groups is 2. The number of aliphatic carboxylic acids is 1. The lowest BCUT2D eigenvalue weighted by molar-refractivity contribution is -0.165. The molecular weight excluding hydrogens is 149 g/mol. The third-order valence-corrected chi connectivity index (χ3v) is 1.22. The molecule has 64 valence electrons. The van der Waals surface area contributed by atoms with E-state index < -0.39 is 37.0 Å². The van der Waals surface area contributed by atoms with Crippen LogP contribution in [-0.4, -0.2) is 27.6 Å². The van der Waals surface area contributed by atoms with Crippen LogP contribution in [0.3, 0.4) is 0 Å². The van der Waals surface area contributed by atoms with Crippen LogP contribution < -0.4 is 0 Å². The monoisotopic (exact) mass is 166 g/mol. The van der Waals surface area contributed by atoms with Gasteiger partial charge in [-0.15, -0.1) is 0 Å². The molecule has 11 heavy (non-hydrogen) atoms. The fourth-order valence-corrected chi connectivity index (χ4v) is 0.498. The zero-order valence-corrected chi connectivity index (χ0v) is 5.92. The van der Waals surface area contributed by atoms with E-state index >= 15 is 0 Å². The molecule has 1 unspecified atom stereocenters. The first-order valence-electron chi connectivity index (χ1n) is 5.42. The summed E-state index contributed by atoms with van der Waals surface area (Å²) in [6, 6.07) is 0. The Labute approximate surface area is 71.9 Å². The van der Waals surface area contributed by atoms with Crippen LogP contribution in [0.2, 0.25) is 0 Å². The molecule has 0 aromatic carbocycles. The van der Waals surface area contributed by atoms with Crippen LogP contribution in [0.4, 0.5) is 0 Å². The van der Waals surface area contributed by atoms with Gasteiger partial charge in [0.1, 0.15) is 0 Å². The number of ketones is 1. The highest BCUT2D eigenvalue weighted by Gasteiger charge is 2.40. The minimum absolute atomic E-state index is 0.488. The van der Waals surface area contributed by atoms with E-state index in [2.05, 4.69) is 0 Å². The first-order chi connectivity index (χ1) is 6.92. The van der Waals surface area contributed by atoms with Gasteiger partial charge >= 0.3 is 5.97 Å². The van der Waals surface area contributed by atoms with E-state index in [1.54, 1.807) is 0 Å². The van der Waals surface area contributed by atoms with Gasteiger partial charge in [0.05, 0.1) is 0 Å². The molecule has 0 saturated heterocycles. The van der Waals surface area contributed by atoms with Gasteiger partial charge in [0.15, 0.2) is 5.78 Å². The number of rotatable bonds is 4. The van der Waals surface area contributed by atoms with E-state index in [-0.39, 0.29) is 0 Å². The molecule has 0 heterocycles. The second-order valence-electron chi connectivity index (χ2n) is 1.92. The van der Waals surface area contributed by atoms with Crippen molar-refractivity contribution >= 4 is 11.8 Å². The molecular formula is C7H12O4. The molecule has 0 bridgehead atoms. The summed E-state index contributed by atoms with van der Waals surface area (Å²) in [5.74, 6) is -3.60. The summed E-state index contributed by atoms with van der Waals surface area (Å²) < 4.78 is 34.8. The maximum absolute atomic E-state index is 11.2. The molecule has 0 aromatic rings. The highest BCUT2D eigenvalue weighted by atomic mass is 16.4. The van der Waals surface area contributed by atoms with Gasteiger partial charge < -0.3 is 10.2 Å². The molecule has 0 saturated carbocycles. The van der Waals surface area contributed by atoms with E-state index in [9.17, 15) is 14.7 Å². The standard InChI is InChI=1S/C7H12O4/c1-3-5(8)7(11,4-2)6(9)10/h11H,3-4H2,1-2H3,(H,9,10)/i1+1,2D3,4D2. The zero-order valence-electron chi connectivity index (χ0n) is 10.9. The average Bonchev–Trinajstić information content (AvgIpc) is 2.12. The lowest BCUT2D eigenvalue weighted by Gasteiger charge is -2.18. The number of Topliss-reactive ketones (excluding diaryl/α,β-unsaturated/α-hetero) is 1. The van der Waals surface area contributed by atoms with Crippen LogP contribution in [0.5, 0.6) is 0 Å². The van der Waals surface area contributed by atoms with Crippen molar-refractivity contribution in [2.45, 2.75) is 32.2 Å². The summed E-state index contributed by atoms with van der Waals surface area (Å²) in [6.45, 7) is -2.23. The van der Waals surface area contributed by atoms with Gasteiger partial charge in [-0.3, -0.25) is 4.79 Å². The zero-order chi connectivity index (χ0) is 13.4. The molecule has 1 atom stereocenters. The third kappa shape index (κ3) is 1.77. The van der Waals surface area contributed by atoms with Gasteiger partial charge in [-0.2, -0.15) is 0 Å². The summed E-state index contributed by atoms with van der Waals surface area (Å²) >= 11 is 0. The topological polar surface area (TPSA) is 74.6 Å². The van der Waals surface area contributed by atoms with Gasteiger partial charge in [-0.05, 0) is 6.37 Å². The Balaban J connectivity index is 5.73. The van der Waals surface area contributed by atoms with Gasteiger partial charge in [0.2, 0.25) is 5.60 Å². The van der Waals surface area contributed by atoms with Gasteiger partial charge in [0.25, 0.3) is 0 Å². The fraction of sp³-hybridized carbons (Fsp3) is 0.714. The molecule has 0 rings (SSSR count). The Hall–Kier alpha value is -0.900. The highest BCUT2D eigenvalue weighted by Crippen LogP contribution is 2.13. The van der Waals surface area contributed by atoms with E-state index in [1.807, 2.05) is 0 Å². The van der Waals surface area contributed by atoms with E-state index in [4.69, 9.17) is 12.0 Å². The number of aliphatic hydroxyl groups is 1. The predicted octanol–water partition coefficient (Wildman–Crippen LogP) is 0.191. The molecule has 0 aromatic heterocycles. The fourth-order valence-electron chi connectivity index (χ4n) is 0.498. The van der Waals surface area contributed by atoms with Crippen molar-refractivity contribution in [2.75, 3.05) is 0 Å². The van der Waals surface area contributed by atoms with E-state index in [1.165, 1.54) is 6.92 Å². The Morgan fingerprint density at radius 1 is 1.73 bits per heavy atom. The molecule has 0 aliphatic carbocycles. The molecule has 0 aliphatic rings. The third-order valence-electron chi connectivity index (χ3n) is 1.22. The number of hydrogen-bond acceptors (Lipinski definition) is 3. The molecule has 0 radical (unpaired) electrons. The Kier molecular flexibility index (Phi) is 1.33. The number of carboxylic acids is 1. The number of carbonyl (C=O) groups excluding carboxylic acids is 1. The van der Waals surface area contributed by atoms with Crippen LogP contribution in [0.25, 0.3) is 0 Å². The molecule has 0 amide bonds. The quantitative estimate of drug-likeness (QED) is 0.462. The molecule has 0 aliphatic heterocycles. The van der Waals surface area contributed by atoms with Crippen LogP contribution in [0, 0.1) is 0 Å². The number of hydrogen-bond donors (Lipinski definition) is 2. The molecule has 4 heteroatoms. The molecule has 0 spiro atoms. The average molecular weight is 166 g/mol. The van der Waals surface area contributed by atoms with Crippen molar-refractivity contribution in [1.82, 2.24) is 0 Å². The van der Waals surface area contributed by atoms with Crippen molar-refractivity contribution in [3.63, 3.8) is 0 Å². The van der Waals surface area contributed by atoms with Crippen LogP contribution in [0.15, 0.2) is 0 Å². The van der Waals surface area contributed by atoms with Crippen molar-refractivity contribution in [3.05, 3.63) is 0 Å². The van der Waals surface area contributed by atoms with Gasteiger partial charge in [-0.25, -0.2) is 4.79 Å². The largest absolute Gasteiger partial charge is 0.479 e. The molecule has 0 fully saturated rings. The summed E-state index contributed by atoms with van der Waals surface area (Å²) in [7, 11) is 0. The van der Waals surface area contributed by atoms with Crippen LogP contribution in [0.1, 0.15) is 33.4 Å². The van der Waals surface area contributed by atoms with Crippen LogP contribution >= 0.6 is 0 Å². The summed E-state index contributed by atoms with van der Waals surface area (Å²) in [4.78, 5) is 22.0. The summed E-state index contributed by atoms with van der Waals surface area (Å²) in [6.07, 6.45) is -4.04. The van der Waals surface area contributed by atoms with Gasteiger partial charge in [0, 0.05) is 13.3 Å². The number of carboxylic acid groups (broad SMARTS) is 1. The van der Waals surface area contributed by atoms with Crippen molar-refractivity contribution in [1.29, 1.82) is 0 Å². The molecule has 2 N–H and O–H groups in total.